The molecule has 1 amide bonds. The van der Waals surface area contributed by atoms with Gasteiger partial charge in [0.05, 0.1) is 5.52 Å². The number of pyridine rings is 1. The van der Waals surface area contributed by atoms with Crippen molar-refractivity contribution in [3.63, 3.8) is 0 Å². The van der Waals surface area contributed by atoms with Crippen molar-refractivity contribution in [3.8, 4) is 0 Å². The van der Waals surface area contributed by atoms with Gasteiger partial charge in [0.1, 0.15) is 0 Å². The summed E-state index contributed by atoms with van der Waals surface area (Å²) in [6, 6.07) is 2.05. The first-order chi connectivity index (χ1) is 7.11. The van der Waals surface area contributed by atoms with E-state index in [-0.39, 0.29) is 11.2 Å². The van der Waals surface area contributed by atoms with Gasteiger partial charge in [0.25, 0.3) is 0 Å². The van der Waals surface area contributed by atoms with Crippen LogP contribution in [0.5, 0.6) is 0 Å². The van der Waals surface area contributed by atoms with Crippen LogP contribution in [0.25, 0.3) is 11.2 Å². The molecule has 0 aliphatic rings. The molecule has 0 saturated heterocycles. The first-order valence-corrected chi connectivity index (χ1v) is 4.01. The van der Waals surface area contributed by atoms with Crippen LogP contribution in [0.15, 0.2) is 27.9 Å². The summed E-state index contributed by atoms with van der Waals surface area (Å²) in [6.07, 6.45) is 1.39. The van der Waals surface area contributed by atoms with E-state index in [9.17, 15) is 14.4 Å². The quantitative estimate of drug-likeness (QED) is 0.539. The monoisotopic (exact) mass is 206 g/mol. The van der Waals surface area contributed by atoms with E-state index in [2.05, 4.69) is 9.97 Å². The number of hydrogen-bond donors (Lipinski definition) is 2. The lowest BCUT2D eigenvalue weighted by Gasteiger charge is -2.02. The van der Waals surface area contributed by atoms with Crippen molar-refractivity contribution in [1.29, 1.82) is 0 Å². The first kappa shape index (κ1) is 9.13. The van der Waals surface area contributed by atoms with Crippen LogP contribution >= 0.6 is 0 Å². The van der Waals surface area contributed by atoms with Crippen molar-refractivity contribution in [2.24, 2.45) is 5.73 Å². The Balaban J connectivity index is 3.09. The van der Waals surface area contributed by atoms with Crippen molar-refractivity contribution >= 4 is 17.2 Å². The average molecular weight is 206 g/mol. The standard InChI is InChI=1S/C8H6N4O3/c9-8(15)12-5-4(2-1-3-10-5)11-6(13)7(12)14/h1-3H,(H2,9,15)(H,11,13). The zero-order valence-corrected chi connectivity index (χ0v) is 7.43. The summed E-state index contributed by atoms with van der Waals surface area (Å²) in [7, 11) is 0. The van der Waals surface area contributed by atoms with Crippen molar-refractivity contribution in [2.45, 2.75) is 0 Å². The van der Waals surface area contributed by atoms with E-state index < -0.39 is 17.1 Å². The highest BCUT2D eigenvalue weighted by Gasteiger charge is 2.11. The van der Waals surface area contributed by atoms with Gasteiger partial charge in [-0.1, -0.05) is 0 Å². The predicted octanol–water partition coefficient (Wildman–Crippen LogP) is -0.988. The lowest BCUT2D eigenvalue weighted by molar-refractivity contribution is 0.250. The highest BCUT2D eigenvalue weighted by Crippen LogP contribution is 2.01. The third-order valence-corrected chi connectivity index (χ3v) is 1.86. The van der Waals surface area contributed by atoms with Crippen LogP contribution in [-0.2, 0) is 0 Å². The Labute approximate surface area is 82.2 Å². The fourth-order valence-electron chi connectivity index (χ4n) is 1.25. The molecule has 0 unspecified atom stereocenters. The normalized spacial score (nSPS) is 10.4. The number of aromatic nitrogens is 3. The maximum Gasteiger partial charge on any atom is 0.327 e. The number of nitrogens with one attached hydrogen (secondary N) is 1. The molecule has 0 spiro atoms. The summed E-state index contributed by atoms with van der Waals surface area (Å²) >= 11 is 0. The fraction of sp³-hybridized carbons (Fsp3) is 0. The molecule has 0 atom stereocenters. The molecular weight excluding hydrogens is 200 g/mol. The second-order valence-corrected chi connectivity index (χ2v) is 2.81. The number of carbonyl (C=O) groups excluding carboxylic acids is 1. The van der Waals surface area contributed by atoms with Crippen LogP contribution in [0.4, 0.5) is 4.79 Å². The maximum absolute atomic E-state index is 11.3. The van der Waals surface area contributed by atoms with Gasteiger partial charge in [-0.3, -0.25) is 9.59 Å². The maximum atomic E-state index is 11.3. The molecular formula is C8H6N4O3. The molecule has 0 bridgehead atoms. The molecule has 0 aliphatic carbocycles. The molecule has 0 fully saturated rings. The Hall–Kier alpha value is -2.44. The van der Waals surface area contributed by atoms with Gasteiger partial charge in [-0.2, -0.15) is 0 Å². The van der Waals surface area contributed by atoms with E-state index in [1.807, 2.05) is 0 Å². The minimum absolute atomic E-state index is 0.0367. The van der Waals surface area contributed by atoms with E-state index in [0.29, 0.717) is 4.57 Å². The zero-order valence-electron chi connectivity index (χ0n) is 7.43. The summed E-state index contributed by atoms with van der Waals surface area (Å²) in [4.78, 5) is 39.5. The second-order valence-electron chi connectivity index (χ2n) is 2.81. The van der Waals surface area contributed by atoms with Gasteiger partial charge >= 0.3 is 17.1 Å². The number of nitrogens with two attached hydrogens (primary N) is 1. The van der Waals surface area contributed by atoms with Crippen molar-refractivity contribution in [3.05, 3.63) is 39.0 Å². The number of primary amides is 1. The molecule has 0 aliphatic heterocycles. The fourth-order valence-corrected chi connectivity index (χ4v) is 1.25. The van der Waals surface area contributed by atoms with Crippen molar-refractivity contribution in [2.75, 3.05) is 0 Å². The number of hydrogen-bond acceptors (Lipinski definition) is 4. The number of rotatable bonds is 0. The summed E-state index contributed by atoms with van der Waals surface area (Å²) in [5, 5.41) is 0. The Kier molecular flexibility index (Phi) is 1.86. The van der Waals surface area contributed by atoms with Crippen LogP contribution in [0.3, 0.4) is 0 Å². The number of amides is 1. The molecule has 2 rings (SSSR count). The van der Waals surface area contributed by atoms with Gasteiger partial charge in [0.15, 0.2) is 5.65 Å². The molecule has 15 heavy (non-hydrogen) atoms. The average Bonchev–Trinajstić information content (AvgIpc) is 2.19. The summed E-state index contributed by atoms with van der Waals surface area (Å²) in [5.74, 6) is 0. The number of nitrogens with zero attached hydrogens (tertiary/aromatic N) is 2. The molecule has 0 radical (unpaired) electrons. The van der Waals surface area contributed by atoms with Gasteiger partial charge in [-0.25, -0.2) is 14.3 Å². The number of carbonyl (C=O) groups is 1. The highest BCUT2D eigenvalue weighted by atomic mass is 16.2. The van der Waals surface area contributed by atoms with Gasteiger partial charge < -0.3 is 10.7 Å². The topological polar surface area (TPSA) is 111 Å². The third-order valence-electron chi connectivity index (χ3n) is 1.86. The molecule has 0 saturated carbocycles. The third kappa shape index (κ3) is 1.30. The molecule has 3 N–H and O–H groups in total. The molecule has 2 aromatic heterocycles. The Morgan fingerprint density at radius 1 is 1.47 bits per heavy atom. The minimum atomic E-state index is -1.03. The van der Waals surface area contributed by atoms with E-state index in [0.717, 1.165) is 0 Å². The Bertz CT molecular complexity index is 655. The lowest BCUT2D eigenvalue weighted by Crippen LogP contribution is -2.42. The van der Waals surface area contributed by atoms with Crippen molar-refractivity contribution in [1.82, 2.24) is 14.5 Å². The highest BCUT2D eigenvalue weighted by molar-refractivity contribution is 5.84. The van der Waals surface area contributed by atoms with E-state index in [4.69, 9.17) is 5.73 Å². The van der Waals surface area contributed by atoms with Crippen LogP contribution in [0.1, 0.15) is 0 Å². The largest absolute Gasteiger partial charge is 0.351 e. The van der Waals surface area contributed by atoms with E-state index in [1.54, 1.807) is 6.07 Å². The van der Waals surface area contributed by atoms with Crippen LogP contribution in [0.2, 0.25) is 0 Å². The van der Waals surface area contributed by atoms with Gasteiger partial charge in [-0.05, 0) is 12.1 Å². The molecule has 76 valence electrons. The van der Waals surface area contributed by atoms with Crippen LogP contribution in [0, 0.1) is 0 Å². The lowest BCUT2D eigenvalue weighted by atomic mass is 10.4. The Morgan fingerprint density at radius 3 is 2.87 bits per heavy atom. The van der Waals surface area contributed by atoms with Crippen LogP contribution < -0.4 is 16.9 Å². The van der Waals surface area contributed by atoms with Gasteiger partial charge in [0, 0.05) is 6.20 Å². The first-order valence-electron chi connectivity index (χ1n) is 4.01. The molecule has 7 heteroatoms. The zero-order chi connectivity index (χ0) is 11.0. The van der Waals surface area contributed by atoms with E-state index >= 15 is 0 Å². The molecule has 2 heterocycles. The molecule has 0 aromatic carbocycles. The van der Waals surface area contributed by atoms with E-state index in [1.165, 1.54) is 12.3 Å². The predicted molar refractivity (Wildman–Crippen MR) is 51.6 cm³/mol. The van der Waals surface area contributed by atoms with Crippen LogP contribution in [-0.4, -0.2) is 20.6 Å². The molecule has 7 nitrogen and oxygen atoms in total. The number of fused-ring (bicyclic) bond motifs is 1. The number of H-pyrrole nitrogens is 1. The smallest absolute Gasteiger partial charge is 0.327 e. The summed E-state index contributed by atoms with van der Waals surface area (Å²) in [5.41, 5.74) is 3.35. The number of aromatic amines is 1. The minimum Gasteiger partial charge on any atom is -0.351 e. The Morgan fingerprint density at radius 2 is 2.20 bits per heavy atom. The van der Waals surface area contributed by atoms with Gasteiger partial charge in [-0.15, -0.1) is 0 Å². The second kappa shape index (κ2) is 3.05. The van der Waals surface area contributed by atoms with Crippen molar-refractivity contribution < 1.29 is 4.79 Å². The summed E-state index contributed by atoms with van der Waals surface area (Å²) < 4.78 is 0.536. The summed E-state index contributed by atoms with van der Waals surface area (Å²) in [6.45, 7) is 0. The SMILES string of the molecule is NC(=O)n1c(=O)c(=O)[nH]c2cccnc21. The molecule has 2 aromatic rings. The van der Waals surface area contributed by atoms with Gasteiger partial charge in [0.2, 0.25) is 0 Å².